The third kappa shape index (κ3) is 1.27. The number of hydrogen-bond acceptors (Lipinski definition) is 0. The predicted molar refractivity (Wildman–Crippen MR) is 55.1 cm³/mol. The first-order valence-electron chi connectivity index (χ1n) is 3.86. The second-order valence-electron chi connectivity index (χ2n) is 2.78. The van der Waals surface area contributed by atoms with Crippen LogP contribution in [0.1, 0.15) is 5.69 Å². The van der Waals surface area contributed by atoms with E-state index in [2.05, 4.69) is 46.0 Å². The van der Waals surface area contributed by atoms with Gasteiger partial charge in [-0.1, -0.05) is 15.9 Å². The Morgan fingerprint density at radius 3 is 2.92 bits per heavy atom. The molecule has 1 radical (unpaired) electrons. The van der Waals surface area contributed by atoms with E-state index >= 15 is 0 Å². The molecule has 0 aliphatic heterocycles. The zero-order valence-electron chi connectivity index (χ0n) is 6.60. The molecule has 1 nitrogen and oxygen atoms in total. The van der Waals surface area contributed by atoms with Crippen LogP contribution >= 0.6 is 15.9 Å². The highest BCUT2D eigenvalue weighted by Gasteiger charge is 1.98. The van der Waals surface area contributed by atoms with E-state index in [0.717, 1.165) is 10.9 Å². The molecule has 0 fully saturated rings. The molecule has 0 amide bonds. The lowest BCUT2D eigenvalue weighted by Crippen LogP contribution is -1.75. The molecule has 12 heavy (non-hydrogen) atoms. The predicted octanol–water partition coefficient (Wildman–Crippen LogP) is 3.31. The van der Waals surface area contributed by atoms with Crippen molar-refractivity contribution >= 4 is 26.8 Å². The number of H-pyrrole nitrogens is 1. The highest BCUT2D eigenvalue weighted by Crippen LogP contribution is 2.20. The Morgan fingerprint density at radius 2 is 2.17 bits per heavy atom. The van der Waals surface area contributed by atoms with E-state index < -0.39 is 0 Å². The summed E-state index contributed by atoms with van der Waals surface area (Å²) in [6, 6.07) is 8.34. The molecule has 1 heterocycles. The standard InChI is InChI=1S/C10H9BrN/c1-2-9-6-7-5-8(11)3-4-10(7)12-9/h3-6,12H,1-2H2. The monoisotopic (exact) mass is 222 g/mol. The molecule has 0 saturated carbocycles. The molecular weight excluding hydrogens is 214 g/mol. The number of aromatic nitrogens is 1. The minimum atomic E-state index is 0.812. The summed E-state index contributed by atoms with van der Waals surface area (Å²) < 4.78 is 1.12. The van der Waals surface area contributed by atoms with Gasteiger partial charge in [-0.15, -0.1) is 0 Å². The molecule has 2 rings (SSSR count). The van der Waals surface area contributed by atoms with Crippen LogP contribution in [0.3, 0.4) is 0 Å². The van der Waals surface area contributed by atoms with E-state index in [1.54, 1.807) is 0 Å². The number of halogens is 1. The van der Waals surface area contributed by atoms with E-state index in [-0.39, 0.29) is 0 Å². The summed E-state index contributed by atoms with van der Waals surface area (Å²) in [6.07, 6.45) is 0.812. The molecule has 0 spiro atoms. The maximum atomic E-state index is 3.83. The minimum Gasteiger partial charge on any atom is -0.358 e. The molecule has 0 aliphatic rings. The summed E-state index contributed by atoms with van der Waals surface area (Å²) >= 11 is 3.43. The van der Waals surface area contributed by atoms with Crippen LogP contribution in [0.5, 0.6) is 0 Å². The van der Waals surface area contributed by atoms with Gasteiger partial charge in [-0.25, -0.2) is 0 Å². The molecule has 1 aromatic carbocycles. The summed E-state index contributed by atoms with van der Waals surface area (Å²) in [5, 5.41) is 1.24. The Balaban J connectivity index is 2.67. The molecule has 0 unspecified atom stereocenters. The molecule has 0 bridgehead atoms. The van der Waals surface area contributed by atoms with Crippen molar-refractivity contribution in [2.24, 2.45) is 0 Å². The largest absolute Gasteiger partial charge is 0.358 e. The normalized spacial score (nSPS) is 10.8. The smallest absolute Gasteiger partial charge is 0.0456 e. The number of fused-ring (bicyclic) bond motifs is 1. The summed E-state index contributed by atoms with van der Waals surface area (Å²) in [7, 11) is 0. The summed E-state index contributed by atoms with van der Waals surface area (Å²) in [4.78, 5) is 3.29. The average Bonchev–Trinajstić information content (AvgIpc) is 2.46. The first-order chi connectivity index (χ1) is 5.79. The van der Waals surface area contributed by atoms with E-state index in [1.165, 1.54) is 16.6 Å². The van der Waals surface area contributed by atoms with E-state index in [4.69, 9.17) is 0 Å². The van der Waals surface area contributed by atoms with Gasteiger partial charge in [0.1, 0.15) is 0 Å². The van der Waals surface area contributed by atoms with E-state index in [9.17, 15) is 0 Å². The zero-order chi connectivity index (χ0) is 8.55. The lowest BCUT2D eigenvalue weighted by atomic mass is 10.2. The van der Waals surface area contributed by atoms with Crippen LogP contribution in [0.25, 0.3) is 10.9 Å². The molecule has 61 valence electrons. The van der Waals surface area contributed by atoms with Gasteiger partial charge < -0.3 is 4.98 Å². The SMILES string of the molecule is [CH2]Cc1cc2cc(Br)ccc2[nH]1. The van der Waals surface area contributed by atoms with Gasteiger partial charge in [-0.2, -0.15) is 0 Å². The van der Waals surface area contributed by atoms with Gasteiger partial charge in [0.2, 0.25) is 0 Å². The summed E-state index contributed by atoms with van der Waals surface area (Å²) in [6.45, 7) is 3.83. The van der Waals surface area contributed by atoms with Crippen molar-refractivity contribution in [1.29, 1.82) is 0 Å². The van der Waals surface area contributed by atoms with Crippen molar-refractivity contribution < 1.29 is 0 Å². The third-order valence-electron chi connectivity index (χ3n) is 1.91. The molecule has 0 aliphatic carbocycles. The molecule has 2 aromatic rings. The lowest BCUT2D eigenvalue weighted by molar-refractivity contribution is 1.17. The molecule has 1 aromatic heterocycles. The number of hydrogen-bond donors (Lipinski definition) is 1. The van der Waals surface area contributed by atoms with Crippen molar-refractivity contribution in [3.8, 4) is 0 Å². The number of nitrogens with one attached hydrogen (secondary N) is 1. The Hall–Kier alpha value is -0.760. The Bertz CT molecular complexity index is 403. The van der Waals surface area contributed by atoms with Crippen LogP contribution < -0.4 is 0 Å². The van der Waals surface area contributed by atoms with Crippen LogP contribution in [0.2, 0.25) is 0 Å². The Labute approximate surface area is 79.9 Å². The molecule has 0 saturated heterocycles. The highest BCUT2D eigenvalue weighted by molar-refractivity contribution is 9.10. The van der Waals surface area contributed by atoms with Crippen molar-refractivity contribution in [2.75, 3.05) is 0 Å². The fourth-order valence-corrected chi connectivity index (χ4v) is 1.68. The highest BCUT2D eigenvalue weighted by atomic mass is 79.9. The third-order valence-corrected chi connectivity index (χ3v) is 2.40. The fraction of sp³-hybridized carbons (Fsp3) is 0.100. The van der Waals surface area contributed by atoms with Crippen molar-refractivity contribution in [2.45, 2.75) is 6.42 Å². The van der Waals surface area contributed by atoms with Gasteiger partial charge in [-0.3, -0.25) is 0 Å². The quantitative estimate of drug-likeness (QED) is 0.763. The first-order valence-corrected chi connectivity index (χ1v) is 4.65. The number of aromatic amines is 1. The maximum absolute atomic E-state index is 3.83. The minimum absolute atomic E-state index is 0.812. The molecule has 2 heteroatoms. The fourth-order valence-electron chi connectivity index (χ4n) is 1.30. The van der Waals surface area contributed by atoms with Crippen molar-refractivity contribution in [3.63, 3.8) is 0 Å². The van der Waals surface area contributed by atoms with Gasteiger partial charge in [0, 0.05) is 21.1 Å². The summed E-state index contributed by atoms with van der Waals surface area (Å²) in [5.41, 5.74) is 2.36. The second kappa shape index (κ2) is 2.94. The van der Waals surface area contributed by atoms with E-state index in [0.29, 0.717) is 0 Å². The zero-order valence-corrected chi connectivity index (χ0v) is 8.19. The Morgan fingerprint density at radius 1 is 1.33 bits per heavy atom. The van der Waals surface area contributed by atoms with Gasteiger partial charge in [0.25, 0.3) is 0 Å². The van der Waals surface area contributed by atoms with Gasteiger partial charge in [0.15, 0.2) is 0 Å². The van der Waals surface area contributed by atoms with Gasteiger partial charge in [0.05, 0.1) is 0 Å². The molecule has 0 atom stereocenters. The average molecular weight is 223 g/mol. The summed E-state index contributed by atoms with van der Waals surface area (Å²) in [5.74, 6) is 0. The Kier molecular flexibility index (Phi) is 1.93. The van der Waals surface area contributed by atoms with E-state index in [1.807, 2.05) is 6.07 Å². The molecular formula is C10H9BrN. The first kappa shape index (κ1) is 7.87. The topological polar surface area (TPSA) is 15.8 Å². The van der Waals surface area contributed by atoms with Crippen LogP contribution in [0, 0.1) is 6.92 Å². The lowest BCUT2D eigenvalue weighted by Gasteiger charge is -1.89. The second-order valence-corrected chi connectivity index (χ2v) is 3.69. The van der Waals surface area contributed by atoms with Crippen LogP contribution in [-0.2, 0) is 6.42 Å². The maximum Gasteiger partial charge on any atom is 0.0456 e. The number of benzene rings is 1. The van der Waals surface area contributed by atoms with Crippen LogP contribution in [-0.4, -0.2) is 4.98 Å². The van der Waals surface area contributed by atoms with Crippen molar-refractivity contribution in [3.05, 3.63) is 41.4 Å². The molecule has 1 N–H and O–H groups in total. The van der Waals surface area contributed by atoms with Gasteiger partial charge >= 0.3 is 0 Å². The van der Waals surface area contributed by atoms with Gasteiger partial charge in [-0.05, 0) is 37.6 Å². The van der Waals surface area contributed by atoms with Crippen molar-refractivity contribution in [1.82, 2.24) is 4.98 Å². The van der Waals surface area contributed by atoms with Crippen LogP contribution in [0.4, 0.5) is 0 Å². The van der Waals surface area contributed by atoms with Crippen LogP contribution in [0.15, 0.2) is 28.7 Å². The number of rotatable bonds is 1.